The molecule has 0 N–H and O–H groups in total. The molecule has 0 saturated heterocycles. The summed E-state index contributed by atoms with van der Waals surface area (Å²) in [6, 6.07) is 1.82. The summed E-state index contributed by atoms with van der Waals surface area (Å²) >= 11 is 0. The molecule has 0 bridgehead atoms. The molecule has 0 unspecified atom stereocenters. The highest BCUT2D eigenvalue weighted by atomic mass is 19.2. The van der Waals surface area contributed by atoms with E-state index in [1.807, 2.05) is 0 Å². The highest BCUT2D eigenvalue weighted by Gasteiger charge is 2.11. The molecule has 1 aromatic carbocycles. The summed E-state index contributed by atoms with van der Waals surface area (Å²) in [5.74, 6) is -3.04. The molecule has 0 aliphatic heterocycles. The number of halogens is 3. The zero-order valence-corrected chi connectivity index (χ0v) is 6.39. The van der Waals surface area contributed by atoms with Crippen LogP contribution in [0.15, 0.2) is 24.5 Å². The molecule has 0 aliphatic rings. The Kier molecular flexibility index (Phi) is 1.69. The fourth-order valence-corrected chi connectivity index (χ4v) is 1.16. The number of rotatable bonds is 0. The Balaban J connectivity index is 2.97. The van der Waals surface area contributed by atoms with Crippen molar-refractivity contribution in [3.8, 4) is 0 Å². The van der Waals surface area contributed by atoms with Crippen LogP contribution in [0.25, 0.3) is 10.8 Å². The SMILES string of the molecule is Fc1cc(F)c2ccncc2c1F. The average Bonchev–Trinajstić information content (AvgIpc) is 2.15. The van der Waals surface area contributed by atoms with Crippen molar-refractivity contribution in [1.29, 1.82) is 0 Å². The zero-order chi connectivity index (χ0) is 9.42. The van der Waals surface area contributed by atoms with Crippen LogP contribution in [0.1, 0.15) is 0 Å². The van der Waals surface area contributed by atoms with E-state index in [4.69, 9.17) is 0 Å². The molecule has 0 aliphatic carbocycles. The standard InChI is InChI=1S/C9H4F3N/c10-7-3-8(11)9(12)6-4-13-2-1-5(6)7/h1-4H. The van der Waals surface area contributed by atoms with Gasteiger partial charge >= 0.3 is 0 Å². The third-order valence-electron chi connectivity index (χ3n) is 1.78. The van der Waals surface area contributed by atoms with Crippen molar-refractivity contribution in [2.75, 3.05) is 0 Å². The maximum atomic E-state index is 13.0. The minimum absolute atomic E-state index is 0.0360. The van der Waals surface area contributed by atoms with Gasteiger partial charge in [-0.1, -0.05) is 0 Å². The largest absolute Gasteiger partial charge is 0.264 e. The first-order valence-electron chi connectivity index (χ1n) is 3.57. The Morgan fingerprint density at radius 2 is 1.77 bits per heavy atom. The Morgan fingerprint density at radius 3 is 2.54 bits per heavy atom. The van der Waals surface area contributed by atoms with Gasteiger partial charge < -0.3 is 0 Å². The number of hydrogen-bond acceptors (Lipinski definition) is 1. The molecule has 1 heterocycles. The molecule has 0 amide bonds. The molecule has 4 heteroatoms. The molecule has 2 rings (SSSR count). The molecule has 1 aromatic heterocycles. The summed E-state index contributed by atoms with van der Waals surface area (Å²) in [5.41, 5.74) is 0. The van der Waals surface area contributed by atoms with E-state index in [2.05, 4.69) is 4.98 Å². The van der Waals surface area contributed by atoms with Crippen LogP contribution in [0.2, 0.25) is 0 Å². The van der Waals surface area contributed by atoms with Crippen molar-refractivity contribution in [2.45, 2.75) is 0 Å². The lowest BCUT2D eigenvalue weighted by atomic mass is 10.1. The van der Waals surface area contributed by atoms with Gasteiger partial charge in [-0.25, -0.2) is 13.2 Å². The third-order valence-corrected chi connectivity index (χ3v) is 1.78. The lowest BCUT2D eigenvalue weighted by molar-refractivity contribution is 0.505. The smallest absolute Gasteiger partial charge is 0.168 e. The minimum Gasteiger partial charge on any atom is -0.264 e. The van der Waals surface area contributed by atoms with Gasteiger partial charge in [0.25, 0.3) is 0 Å². The highest BCUT2D eigenvalue weighted by Crippen LogP contribution is 2.21. The van der Waals surface area contributed by atoms with Crippen LogP contribution < -0.4 is 0 Å². The van der Waals surface area contributed by atoms with Crippen LogP contribution in [-0.4, -0.2) is 4.98 Å². The fraction of sp³-hybridized carbons (Fsp3) is 0. The molecule has 2 aromatic rings. The predicted octanol–water partition coefficient (Wildman–Crippen LogP) is 2.65. The van der Waals surface area contributed by atoms with Gasteiger partial charge in [0.2, 0.25) is 0 Å². The summed E-state index contributed by atoms with van der Waals surface area (Å²) in [6.07, 6.45) is 2.42. The van der Waals surface area contributed by atoms with Gasteiger partial charge in [-0.2, -0.15) is 0 Å². The van der Waals surface area contributed by atoms with Crippen LogP contribution in [0.5, 0.6) is 0 Å². The molecule has 0 atom stereocenters. The number of fused-ring (bicyclic) bond motifs is 1. The molecule has 1 nitrogen and oxygen atoms in total. The monoisotopic (exact) mass is 183 g/mol. The van der Waals surface area contributed by atoms with Crippen molar-refractivity contribution >= 4 is 10.8 Å². The number of pyridine rings is 1. The van der Waals surface area contributed by atoms with Gasteiger partial charge in [-0.15, -0.1) is 0 Å². The van der Waals surface area contributed by atoms with E-state index < -0.39 is 17.5 Å². The lowest BCUT2D eigenvalue weighted by Crippen LogP contribution is -1.90. The summed E-state index contributed by atoms with van der Waals surface area (Å²) < 4.78 is 38.7. The Morgan fingerprint density at radius 1 is 1.00 bits per heavy atom. The van der Waals surface area contributed by atoms with E-state index in [9.17, 15) is 13.2 Å². The van der Waals surface area contributed by atoms with E-state index in [1.165, 1.54) is 12.3 Å². The molecule has 66 valence electrons. The van der Waals surface area contributed by atoms with Crippen molar-refractivity contribution < 1.29 is 13.2 Å². The van der Waals surface area contributed by atoms with Gasteiger partial charge in [0.1, 0.15) is 5.82 Å². The van der Waals surface area contributed by atoms with E-state index in [1.54, 1.807) is 0 Å². The van der Waals surface area contributed by atoms with Crippen LogP contribution in [0, 0.1) is 17.5 Å². The topological polar surface area (TPSA) is 12.9 Å². The van der Waals surface area contributed by atoms with Crippen molar-refractivity contribution in [1.82, 2.24) is 4.98 Å². The van der Waals surface area contributed by atoms with E-state index in [0.29, 0.717) is 6.07 Å². The van der Waals surface area contributed by atoms with Gasteiger partial charge in [-0.3, -0.25) is 4.98 Å². The summed E-state index contributed by atoms with van der Waals surface area (Å²) in [5, 5.41) is -0.103. The molecule has 0 fully saturated rings. The van der Waals surface area contributed by atoms with Crippen LogP contribution in [0.3, 0.4) is 0 Å². The molecular formula is C9H4F3N. The second kappa shape index (κ2) is 2.73. The Hall–Kier alpha value is -1.58. The summed E-state index contributed by atoms with van der Waals surface area (Å²) in [4.78, 5) is 3.58. The molecule has 0 spiro atoms. The van der Waals surface area contributed by atoms with Gasteiger partial charge in [-0.05, 0) is 6.07 Å². The second-order valence-electron chi connectivity index (χ2n) is 2.58. The predicted molar refractivity (Wildman–Crippen MR) is 41.6 cm³/mol. The van der Waals surface area contributed by atoms with Crippen LogP contribution in [0.4, 0.5) is 13.2 Å². The van der Waals surface area contributed by atoms with E-state index >= 15 is 0 Å². The maximum Gasteiger partial charge on any atom is 0.168 e. The fourth-order valence-electron chi connectivity index (χ4n) is 1.16. The minimum atomic E-state index is -1.20. The first-order chi connectivity index (χ1) is 6.20. The van der Waals surface area contributed by atoms with Gasteiger partial charge in [0.15, 0.2) is 11.6 Å². The first-order valence-corrected chi connectivity index (χ1v) is 3.57. The zero-order valence-electron chi connectivity index (χ0n) is 6.39. The van der Waals surface area contributed by atoms with Crippen LogP contribution in [-0.2, 0) is 0 Å². The van der Waals surface area contributed by atoms with Crippen molar-refractivity contribution in [3.63, 3.8) is 0 Å². The van der Waals surface area contributed by atoms with E-state index in [0.717, 1.165) is 6.20 Å². The average molecular weight is 183 g/mol. The van der Waals surface area contributed by atoms with Crippen molar-refractivity contribution in [3.05, 3.63) is 42.0 Å². The first kappa shape index (κ1) is 8.04. The van der Waals surface area contributed by atoms with Crippen molar-refractivity contribution in [2.24, 2.45) is 0 Å². The van der Waals surface area contributed by atoms with Gasteiger partial charge in [0, 0.05) is 29.2 Å². The summed E-state index contributed by atoms with van der Waals surface area (Å²) in [6.45, 7) is 0. The normalized spacial score (nSPS) is 10.7. The Labute approximate surface area is 71.8 Å². The number of nitrogens with zero attached hydrogens (tertiary/aromatic N) is 1. The van der Waals surface area contributed by atoms with Gasteiger partial charge in [0.05, 0.1) is 0 Å². The number of benzene rings is 1. The number of aromatic nitrogens is 1. The molecule has 0 radical (unpaired) electrons. The second-order valence-corrected chi connectivity index (χ2v) is 2.58. The molecule has 0 saturated carbocycles. The quantitative estimate of drug-likeness (QED) is 0.572. The number of hydrogen-bond donors (Lipinski definition) is 0. The molecule has 13 heavy (non-hydrogen) atoms. The third kappa shape index (κ3) is 1.14. The molecular weight excluding hydrogens is 179 g/mol. The maximum absolute atomic E-state index is 13.0. The van der Waals surface area contributed by atoms with Crippen LogP contribution >= 0.6 is 0 Å². The highest BCUT2D eigenvalue weighted by molar-refractivity contribution is 5.82. The lowest BCUT2D eigenvalue weighted by Gasteiger charge is -2.00. The Bertz CT molecular complexity index is 468. The van der Waals surface area contributed by atoms with E-state index in [-0.39, 0.29) is 10.8 Å². The summed E-state index contributed by atoms with van der Waals surface area (Å²) in [7, 11) is 0.